The minimum absolute atomic E-state index is 0.134. The Hall–Kier alpha value is -2.50. The van der Waals surface area contributed by atoms with E-state index in [0.717, 1.165) is 11.3 Å². The van der Waals surface area contributed by atoms with Gasteiger partial charge in [-0.1, -0.05) is 12.1 Å². The van der Waals surface area contributed by atoms with Crippen LogP contribution in [0, 0.1) is 0 Å². The monoisotopic (exact) mass is 249 g/mol. The standard InChI is InChI=1S/C12H11NO5/c1-16-9-4-2-3-8(5-9)7-17-11-6-10(12(14)15)18-13-11/h2-6H,7H2,1H3,(H,14,15). The van der Waals surface area contributed by atoms with Crippen molar-refractivity contribution in [3.63, 3.8) is 0 Å². The van der Waals surface area contributed by atoms with Crippen LogP contribution in [0.25, 0.3) is 0 Å². The zero-order chi connectivity index (χ0) is 13.0. The number of methoxy groups -OCH3 is 1. The molecule has 0 aliphatic heterocycles. The van der Waals surface area contributed by atoms with Crippen LogP contribution in [0.5, 0.6) is 11.6 Å². The summed E-state index contributed by atoms with van der Waals surface area (Å²) in [4.78, 5) is 10.6. The van der Waals surface area contributed by atoms with Crippen LogP contribution in [-0.4, -0.2) is 23.3 Å². The van der Waals surface area contributed by atoms with E-state index in [9.17, 15) is 4.79 Å². The number of ether oxygens (including phenoxy) is 2. The van der Waals surface area contributed by atoms with Crippen molar-refractivity contribution in [2.75, 3.05) is 7.11 Å². The lowest BCUT2D eigenvalue weighted by molar-refractivity contribution is 0.0651. The summed E-state index contributed by atoms with van der Waals surface area (Å²) in [5.74, 6) is -0.577. The smallest absolute Gasteiger partial charge is 0.374 e. The molecule has 1 heterocycles. The van der Waals surface area contributed by atoms with Gasteiger partial charge in [0.15, 0.2) is 0 Å². The molecule has 0 amide bonds. The number of rotatable bonds is 5. The summed E-state index contributed by atoms with van der Waals surface area (Å²) in [7, 11) is 1.58. The fraction of sp³-hybridized carbons (Fsp3) is 0.167. The topological polar surface area (TPSA) is 81.8 Å². The van der Waals surface area contributed by atoms with E-state index in [0.29, 0.717) is 0 Å². The van der Waals surface area contributed by atoms with Gasteiger partial charge in [0.05, 0.1) is 13.2 Å². The molecule has 0 saturated heterocycles. The summed E-state index contributed by atoms with van der Waals surface area (Å²) in [5, 5.41) is 12.1. The van der Waals surface area contributed by atoms with Crippen LogP contribution in [0.4, 0.5) is 0 Å². The van der Waals surface area contributed by atoms with Gasteiger partial charge in [-0.05, 0) is 22.9 Å². The highest BCUT2D eigenvalue weighted by Gasteiger charge is 2.11. The summed E-state index contributed by atoms with van der Waals surface area (Å²) < 4.78 is 14.9. The number of benzene rings is 1. The molecule has 0 radical (unpaired) electrons. The van der Waals surface area contributed by atoms with Crippen molar-refractivity contribution in [3.8, 4) is 11.6 Å². The van der Waals surface area contributed by atoms with Gasteiger partial charge in [-0.2, -0.15) is 0 Å². The first-order chi connectivity index (χ1) is 8.69. The van der Waals surface area contributed by atoms with E-state index in [-0.39, 0.29) is 18.2 Å². The zero-order valence-corrected chi connectivity index (χ0v) is 9.62. The summed E-state index contributed by atoms with van der Waals surface area (Å²) in [6.07, 6.45) is 0. The number of carboxylic acid groups (broad SMARTS) is 1. The van der Waals surface area contributed by atoms with Crippen LogP contribution in [0.1, 0.15) is 16.1 Å². The number of nitrogens with zero attached hydrogens (tertiary/aromatic N) is 1. The number of carboxylic acids is 1. The Morgan fingerprint density at radius 2 is 2.28 bits per heavy atom. The molecule has 0 saturated carbocycles. The summed E-state index contributed by atoms with van der Waals surface area (Å²) in [6, 6.07) is 8.56. The van der Waals surface area contributed by atoms with E-state index in [1.54, 1.807) is 7.11 Å². The average molecular weight is 249 g/mol. The molecule has 2 rings (SSSR count). The Bertz CT molecular complexity index is 549. The van der Waals surface area contributed by atoms with Crippen LogP contribution in [0.3, 0.4) is 0 Å². The maximum absolute atomic E-state index is 10.6. The molecule has 1 aromatic heterocycles. The minimum atomic E-state index is -1.18. The SMILES string of the molecule is COc1cccc(COc2cc(C(=O)O)on2)c1. The average Bonchev–Trinajstić information content (AvgIpc) is 2.85. The first-order valence-corrected chi connectivity index (χ1v) is 5.15. The zero-order valence-electron chi connectivity index (χ0n) is 9.62. The van der Waals surface area contributed by atoms with Gasteiger partial charge in [0.1, 0.15) is 12.4 Å². The molecule has 1 N–H and O–H groups in total. The number of aromatic carboxylic acids is 1. The number of hydrogen-bond acceptors (Lipinski definition) is 5. The van der Waals surface area contributed by atoms with Crippen LogP contribution < -0.4 is 9.47 Å². The highest BCUT2D eigenvalue weighted by molar-refractivity contribution is 5.84. The molecule has 0 bridgehead atoms. The molecule has 6 heteroatoms. The van der Waals surface area contributed by atoms with Crippen molar-refractivity contribution in [3.05, 3.63) is 41.7 Å². The summed E-state index contributed by atoms with van der Waals surface area (Å²) >= 11 is 0. The quantitative estimate of drug-likeness (QED) is 0.872. The molecule has 6 nitrogen and oxygen atoms in total. The molecule has 0 unspecified atom stereocenters. The summed E-state index contributed by atoms with van der Waals surface area (Å²) in [5.41, 5.74) is 0.884. The molecule has 94 valence electrons. The van der Waals surface area contributed by atoms with Gasteiger partial charge in [-0.3, -0.25) is 0 Å². The van der Waals surface area contributed by atoms with Gasteiger partial charge in [0.2, 0.25) is 5.76 Å². The largest absolute Gasteiger partial charge is 0.497 e. The van der Waals surface area contributed by atoms with Crippen LogP contribution in [0.15, 0.2) is 34.9 Å². The van der Waals surface area contributed by atoms with Crippen LogP contribution in [0.2, 0.25) is 0 Å². The van der Waals surface area contributed by atoms with E-state index < -0.39 is 5.97 Å². The van der Waals surface area contributed by atoms with Gasteiger partial charge < -0.3 is 19.1 Å². The predicted molar refractivity (Wildman–Crippen MR) is 60.8 cm³/mol. The molecular weight excluding hydrogens is 238 g/mol. The van der Waals surface area contributed by atoms with Gasteiger partial charge in [0, 0.05) is 0 Å². The highest BCUT2D eigenvalue weighted by Crippen LogP contribution is 2.16. The Labute approximate surface area is 103 Å². The Balaban J connectivity index is 1.99. The lowest BCUT2D eigenvalue weighted by Crippen LogP contribution is -1.96. The maximum atomic E-state index is 10.6. The van der Waals surface area contributed by atoms with Gasteiger partial charge in [-0.25, -0.2) is 4.79 Å². The number of aromatic nitrogens is 1. The third-order valence-electron chi connectivity index (χ3n) is 2.22. The van der Waals surface area contributed by atoms with E-state index in [1.165, 1.54) is 6.07 Å². The van der Waals surface area contributed by atoms with E-state index in [1.807, 2.05) is 24.3 Å². The van der Waals surface area contributed by atoms with Gasteiger partial charge in [-0.15, -0.1) is 0 Å². The number of carbonyl (C=O) groups is 1. The normalized spacial score (nSPS) is 10.1. The molecule has 0 spiro atoms. The molecule has 2 aromatic rings. The third kappa shape index (κ3) is 2.79. The van der Waals surface area contributed by atoms with E-state index >= 15 is 0 Å². The lowest BCUT2D eigenvalue weighted by atomic mass is 10.2. The first kappa shape index (κ1) is 12.0. The Morgan fingerprint density at radius 3 is 2.94 bits per heavy atom. The molecular formula is C12H11NO5. The molecule has 18 heavy (non-hydrogen) atoms. The summed E-state index contributed by atoms with van der Waals surface area (Å²) in [6.45, 7) is 0.253. The first-order valence-electron chi connectivity index (χ1n) is 5.15. The lowest BCUT2D eigenvalue weighted by Gasteiger charge is -2.04. The molecule has 0 atom stereocenters. The number of hydrogen-bond donors (Lipinski definition) is 1. The van der Waals surface area contributed by atoms with Crippen LogP contribution >= 0.6 is 0 Å². The van der Waals surface area contributed by atoms with Crippen molar-refractivity contribution in [2.24, 2.45) is 0 Å². The van der Waals surface area contributed by atoms with Crippen molar-refractivity contribution in [1.29, 1.82) is 0 Å². The van der Waals surface area contributed by atoms with Crippen molar-refractivity contribution < 1.29 is 23.9 Å². The molecule has 0 fully saturated rings. The fourth-order valence-corrected chi connectivity index (χ4v) is 1.35. The Kier molecular flexibility index (Phi) is 3.47. The van der Waals surface area contributed by atoms with E-state index in [2.05, 4.69) is 9.68 Å². The maximum Gasteiger partial charge on any atom is 0.374 e. The second-order valence-electron chi connectivity index (χ2n) is 3.47. The molecule has 0 aliphatic rings. The van der Waals surface area contributed by atoms with Gasteiger partial charge in [0.25, 0.3) is 5.88 Å². The van der Waals surface area contributed by atoms with E-state index in [4.69, 9.17) is 14.6 Å². The predicted octanol–water partition coefficient (Wildman–Crippen LogP) is 1.96. The van der Waals surface area contributed by atoms with Gasteiger partial charge >= 0.3 is 5.97 Å². The van der Waals surface area contributed by atoms with Crippen molar-refractivity contribution >= 4 is 5.97 Å². The fourth-order valence-electron chi connectivity index (χ4n) is 1.35. The Morgan fingerprint density at radius 1 is 1.44 bits per heavy atom. The van der Waals surface area contributed by atoms with Crippen molar-refractivity contribution in [1.82, 2.24) is 5.16 Å². The third-order valence-corrected chi connectivity index (χ3v) is 2.22. The van der Waals surface area contributed by atoms with Crippen LogP contribution in [-0.2, 0) is 6.61 Å². The molecule has 0 aliphatic carbocycles. The van der Waals surface area contributed by atoms with Crippen molar-refractivity contribution in [2.45, 2.75) is 6.61 Å². The second kappa shape index (κ2) is 5.22. The highest BCUT2D eigenvalue weighted by atomic mass is 16.5. The minimum Gasteiger partial charge on any atom is -0.497 e. The second-order valence-corrected chi connectivity index (χ2v) is 3.47. The molecule has 1 aromatic carbocycles.